The molecule has 1 atom stereocenters. The number of furan rings is 1. The van der Waals surface area contributed by atoms with Crippen molar-refractivity contribution in [3.8, 4) is 11.5 Å². The summed E-state index contributed by atoms with van der Waals surface area (Å²) in [7, 11) is 0. The Bertz CT molecular complexity index is 793. The summed E-state index contributed by atoms with van der Waals surface area (Å²) in [5.41, 5.74) is 1.67. The molecule has 3 aromatic rings. The third kappa shape index (κ3) is 2.88. The van der Waals surface area contributed by atoms with Crippen molar-refractivity contribution < 1.29 is 18.7 Å². The van der Waals surface area contributed by atoms with Crippen LogP contribution in [0.4, 0.5) is 0 Å². The van der Waals surface area contributed by atoms with E-state index < -0.39 is 0 Å². The van der Waals surface area contributed by atoms with Crippen LogP contribution in [0.25, 0.3) is 0 Å². The van der Waals surface area contributed by atoms with Gasteiger partial charge in [0, 0.05) is 12.1 Å². The maximum Gasteiger partial charge on any atom is 0.251 e. The van der Waals surface area contributed by atoms with E-state index in [1.165, 1.54) is 0 Å². The maximum absolute atomic E-state index is 12.5. The molecule has 1 aliphatic rings. The van der Waals surface area contributed by atoms with E-state index in [0.29, 0.717) is 23.6 Å². The van der Waals surface area contributed by atoms with E-state index in [-0.39, 0.29) is 18.6 Å². The highest BCUT2D eigenvalue weighted by Gasteiger charge is 2.20. The molecule has 0 saturated heterocycles. The van der Waals surface area contributed by atoms with E-state index in [1.54, 1.807) is 35.8 Å². The Morgan fingerprint density at radius 2 is 2.12 bits per heavy atom. The minimum absolute atomic E-state index is 0.00999. The molecule has 122 valence electrons. The molecule has 1 aromatic carbocycles. The van der Waals surface area contributed by atoms with Crippen LogP contribution < -0.4 is 14.8 Å². The van der Waals surface area contributed by atoms with Gasteiger partial charge in [0.15, 0.2) is 11.5 Å². The van der Waals surface area contributed by atoms with Crippen LogP contribution >= 0.6 is 11.3 Å². The van der Waals surface area contributed by atoms with Crippen LogP contribution in [-0.4, -0.2) is 19.2 Å². The molecule has 2 aromatic heterocycles. The number of fused-ring (bicyclic) bond motifs is 1. The van der Waals surface area contributed by atoms with Crippen LogP contribution in [0.5, 0.6) is 11.5 Å². The Hall–Kier alpha value is -2.73. The average Bonchev–Trinajstić information content (AvgIpc) is 3.36. The first kappa shape index (κ1) is 14.8. The second-order valence-corrected chi connectivity index (χ2v) is 6.18. The lowest BCUT2D eigenvalue weighted by atomic mass is 9.99. The number of benzene rings is 1. The third-order valence-electron chi connectivity index (χ3n) is 3.93. The van der Waals surface area contributed by atoms with Crippen LogP contribution in [0.15, 0.2) is 57.8 Å². The van der Waals surface area contributed by atoms with Crippen LogP contribution in [0.2, 0.25) is 0 Å². The predicted octanol–water partition coefficient (Wildman–Crippen LogP) is 3.63. The highest BCUT2D eigenvalue weighted by Crippen LogP contribution is 2.32. The molecule has 1 N–H and O–H groups in total. The normalized spacial score (nSPS) is 13.7. The molecule has 0 saturated carbocycles. The fourth-order valence-corrected chi connectivity index (χ4v) is 3.39. The number of hydrogen-bond acceptors (Lipinski definition) is 5. The number of carbonyl (C=O) groups excluding carboxylic acids is 1. The van der Waals surface area contributed by atoms with Crippen molar-refractivity contribution in [1.82, 2.24) is 5.32 Å². The van der Waals surface area contributed by atoms with Crippen LogP contribution in [-0.2, 0) is 0 Å². The summed E-state index contributed by atoms with van der Waals surface area (Å²) >= 11 is 1.62. The molecule has 1 aliphatic heterocycles. The zero-order chi connectivity index (χ0) is 16.4. The molecular weight excluding hydrogens is 326 g/mol. The Labute approximate surface area is 142 Å². The fraction of sp³-hybridized carbons (Fsp3) is 0.167. The van der Waals surface area contributed by atoms with Crippen LogP contribution in [0.1, 0.15) is 27.6 Å². The lowest BCUT2D eigenvalue weighted by Gasteiger charge is -2.14. The highest BCUT2D eigenvalue weighted by molar-refractivity contribution is 7.08. The number of rotatable bonds is 5. The van der Waals surface area contributed by atoms with Gasteiger partial charge in [0.05, 0.1) is 12.2 Å². The van der Waals surface area contributed by atoms with Gasteiger partial charge in [-0.2, -0.15) is 11.3 Å². The summed E-state index contributed by atoms with van der Waals surface area (Å²) in [5.74, 6) is 1.94. The van der Waals surface area contributed by atoms with Crippen molar-refractivity contribution >= 4 is 17.2 Å². The summed E-state index contributed by atoms with van der Waals surface area (Å²) in [6.45, 7) is 0.649. The Morgan fingerprint density at radius 3 is 2.92 bits per heavy atom. The summed E-state index contributed by atoms with van der Waals surface area (Å²) < 4.78 is 16.1. The van der Waals surface area contributed by atoms with Gasteiger partial charge in [-0.3, -0.25) is 4.79 Å². The molecule has 0 aliphatic carbocycles. The summed E-state index contributed by atoms with van der Waals surface area (Å²) in [5, 5.41) is 7.06. The molecule has 3 heterocycles. The van der Waals surface area contributed by atoms with Gasteiger partial charge in [-0.25, -0.2) is 0 Å². The van der Waals surface area contributed by atoms with Crippen molar-refractivity contribution in [2.24, 2.45) is 0 Å². The average molecular weight is 341 g/mol. The molecule has 0 spiro atoms. The molecule has 0 bridgehead atoms. The van der Waals surface area contributed by atoms with Gasteiger partial charge in [-0.1, -0.05) is 0 Å². The van der Waals surface area contributed by atoms with Crippen LogP contribution in [0, 0.1) is 0 Å². The number of amides is 1. The van der Waals surface area contributed by atoms with E-state index >= 15 is 0 Å². The number of hydrogen-bond donors (Lipinski definition) is 1. The lowest BCUT2D eigenvalue weighted by Crippen LogP contribution is -2.28. The molecular formula is C18H15NO4S. The van der Waals surface area contributed by atoms with Gasteiger partial charge >= 0.3 is 0 Å². The first-order valence-corrected chi connectivity index (χ1v) is 8.49. The maximum atomic E-state index is 12.5. The van der Waals surface area contributed by atoms with Crippen LogP contribution in [0.3, 0.4) is 0 Å². The van der Waals surface area contributed by atoms with Gasteiger partial charge < -0.3 is 19.2 Å². The predicted molar refractivity (Wildman–Crippen MR) is 89.8 cm³/mol. The van der Waals surface area contributed by atoms with Crippen molar-refractivity contribution in [3.63, 3.8) is 0 Å². The summed E-state index contributed by atoms with van der Waals surface area (Å²) in [4.78, 5) is 12.5. The Balaban J connectivity index is 1.49. The first-order chi connectivity index (χ1) is 11.8. The first-order valence-electron chi connectivity index (χ1n) is 7.54. The van der Waals surface area contributed by atoms with Crippen molar-refractivity contribution in [2.45, 2.75) is 5.92 Å². The molecule has 1 amide bonds. The highest BCUT2D eigenvalue weighted by atomic mass is 32.1. The zero-order valence-electron chi connectivity index (χ0n) is 12.7. The minimum atomic E-state index is -0.153. The fourth-order valence-electron chi connectivity index (χ4n) is 2.68. The number of carbonyl (C=O) groups is 1. The molecule has 1 unspecified atom stereocenters. The molecule has 0 fully saturated rings. The smallest absolute Gasteiger partial charge is 0.251 e. The molecule has 24 heavy (non-hydrogen) atoms. The lowest BCUT2D eigenvalue weighted by molar-refractivity contribution is 0.0951. The number of ether oxygens (including phenoxy) is 2. The monoisotopic (exact) mass is 341 g/mol. The van der Waals surface area contributed by atoms with Gasteiger partial charge in [0.1, 0.15) is 5.76 Å². The van der Waals surface area contributed by atoms with Crippen molar-refractivity contribution in [1.29, 1.82) is 0 Å². The van der Waals surface area contributed by atoms with Gasteiger partial charge in [0.25, 0.3) is 5.91 Å². The van der Waals surface area contributed by atoms with E-state index in [4.69, 9.17) is 13.9 Å². The van der Waals surface area contributed by atoms with Crippen molar-refractivity contribution in [3.05, 3.63) is 70.3 Å². The number of nitrogens with one attached hydrogen (secondary N) is 1. The van der Waals surface area contributed by atoms with E-state index in [0.717, 1.165) is 11.3 Å². The van der Waals surface area contributed by atoms with Crippen molar-refractivity contribution in [2.75, 3.05) is 13.3 Å². The van der Waals surface area contributed by atoms with Gasteiger partial charge in [0.2, 0.25) is 6.79 Å². The third-order valence-corrected chi connectivity index (χ3v) is 4.64. The zero-order valence-corrected chi connectivity index (χ0v) is 13.5. The van der Waals surface area contributed by atoms with E-state index in [2.05, 4.69) is 10.7 Å². The van der Waals surface area contributed by atoms with Gasteiger partial charge in [-0.15, -0.1) is 0 Å². The number of thiophene rings is 1. The molecule has 5 nitrogen and oxygen atoms in total. The van der Waals surface area contributed by atoms with Gasteiger partial charge in [-0.05, 0) is 52.7 Å². The standard InChI is InChI=1S/C18H15NO4S/c20-18(12-3-4-16-17(8-12)23-11-22-16)19-9-14(13-5-7-24-10-13)15-2-1-6-21-15/h1-8,10,14H,9,11H2,(H,19,20). The Kier molecular flexibility index (Phi) is 3.96. The molecule has 0 radical (unpaired) electrons. The summed E-state index contributed by atoms with van der Waals surface area (Å²) in [6, 6.07) is 11.0. The largest absolute Gasteiger partial charge is 0.469 e. The minimum Gasteiger partial charge on any atom is -0.469 e. The summed E-state index contributed by atoms with van der Waals surface area (Å²) in [6.07, 6.45) is 1.65. The van der Waals surface area contributed by atoms with E-state index in [9.17, 15) is 4.79 Å². The second kappa shape index (κ2) is 6.41. The SMILES string of the molecule is O=C(NCC(c1ccsc1)c1ccco1)c1ccc2c(c1)OCO2. The Morgan fingerprint density at radius 1 is 1.21 bits per heavy atom. The quantitative estimate of drug-likeness (QED) is 0.770. The second-order valence-electron chi connectivity index (χ2n) is 5.40. The van der Waals surface area contributed by atoms with E-state index in [1.807, 2.05) is 23.6 Å². The molecule has 4 rings (SSSR count). The molecule has 6 heteroatoms. The topological polar surface area (TPSA) is 60.7 Å².